The predicted molar refractivity (Wildman–Crippen MR) is 85.1 cm³/mol. The highest BCUT2D eigenvalue weighted by Crippen LogP contribution is 2.19. The summed E-state index contributed by atoms with van der Waals surface area (Å²) in [7, 11) is 0. The van der Waals surface area contributed by atoms with Gasteiger partial charge in [0, 0.05) is 6.54 Å². The van der Waals surface area contributed by atoms with E-state index >= 15 is 0 Å². The van der Waals surface area contributed by atoms with Crippen molar-refractivity contribution in [2.45, 2.75) is 39.7 Å². The first-order valence-corrected chi connectivity index (χ1v) is 7.38. The molecule has 0 bridgehead atoms. The highest BCUT2D eigenvalue weighted by Gasteiger charge is 2.10. The van der Waals surface area contributed by atoms with Gasteiger partial charge in [-0.1, -0.05) is 49.6 Å². The molecule has 1 aromatic heterocycles. The number of nitriles is 1. The van der Waals surface area contributed by atoms with Crippen molar-refractivity contribution in [2.75, 3.05) is 0 Å². The molecule has 0 unspecified atom stereocenters. The lowest BCUT2D eigenvalue weighted by atomic mass is 10.1. The minimum atomic E-state index is -0.188. The van der Waals surface area contributed by atoms with Crippen LogP contribution in [0, 0.1) is 18.3 Å². The van der Waals surface area contributed by atoms with Crippen LogP contribution >= 0.6 is 0 Å². The van der Waals surface area contributed by atoms with E-state index < -0.39 is 0 Å². The summed E-state index contributed by atoms with van der Waals surface area (Å²) in [5.41, 5.74) is 3.11. The SMILES string of the molecule is CCCCCn1c(-c2ccc(C)cc2)ccc(C#N)c1=O. The fraction of sp³-hybridized carbons (Fsp3) is 0.333. The normalized spacial score (nSPS) is 10.3. The molecule has 0 fully saturated rings. The van der Waals surface area contributed by atoms with Crippen LogP contribution in [0.4, 0.5) is 0 Å². The summed E-state index contributed by atoms with van der Waals surface area (Å²) in [6.07, 6.45) is 3.13. The average molecular weight is 280 g/mol. The number of benzene rings is 1. The van der Waals surface area contributed by atoms with E-state index in [-0.39, 0.29) is 11.1 Å². The Hall–Kier alpha value is -2.34. The van der Waals surface area contributed by atoms with E-state index in [1.165, 1.54) is 5.56 Å². The Morgan fingerprint density at radius 3 is 2.43 bits per heavy atom. The van der Waals surface area contributed by atoms with Gasteiger partial charge in [0.05, 0.1) is 5.69 Å². The zero-order valence-corrected chi connectivity index (χ0v) is 12.6. The highest BCUT2D eigenvalue weighted by atomic mass is 16.1. The molecule has 0 aliphatic carbocycles. The molecule has 1 aromatic carbocycles. The predicted octanol–water partition coefficient (Wildman–Crippen LogP) is 3.89. The van der Waals surface area contributed by atoms with Crippen molar-refractivity contribution in [3.63, 3.8) is 0 Å². The number of aromatic nitrogens is 1. The smallest absolute Gasteiger partial charge is 0.268 e. The molecule has 0 saturated carbocycles. The van der Waals surface area contributed by atoms with Crippen LogP contribution in [0.15, 0.2) is 41.2 Å². The summed E-state index contributed by atoms with van der Waals surface area (Å²) in [5, 5.41) is 9.05. The Kier molecular flexibility index (Phi) is 4.94. The van der Waals surface area contributed by atoms with Crippen molar-refractivity contribution >= 4 is 0 Å². The van der Waals surface area contributed by atoms with Crippen molar-refractivity contribution in [2.24, 2.45) is 0 Å². The van der Waals surface area contributed by atoms with Gasteiger partial charge in [0.2, 0.25) is 0 Å². The summed E-state index contributed by atoms with van der Waals surface area (Å²) >= 11 is 0. The van der Waals surface area contributed by atoms with Crippen LogP contribution in [-0.2, 0) is 6.54 Å². The first-order chi connectivity index (χ1) is 10.2. The third-order valence-corrected chi connectivity index (χ3v) is 3.63. The molecule has 3 nitrogen and oxygen atoms in total. The Morgan fingerprint density at radius 1 is 1.10 bits per heavy atom. The van der Waals surface area contributed by atoms with E-state index in [1.807, 2.05) is 43.3 Å². The summed E-state index contributed by atoms with van der Waals surface area (Å²) < 4.78 is 1.74. The number of hydrogen-bond donors (Lipinski definition) is 0. The molecule has 1 heterocycles. The zero-order chi connectivity index (χ0) is 15.2. The lowest BCUT2D eigenvalue weighted by Gasteiger charge is -2.13. The van der Waals surface area contributed by atoms with Crippen LogP contribution in [-0.4, -0.2) is 4.57 Å². The number of unbranched alkanes of at least 4 members (excludes halogenated alkanes) is 2. The van der Waals surface area contributed by atoms with Gasteiger partial charge in [0.15, 0.2) is 0 Å². The number of nitrogens with zero attached hydrogens (tertiary/aromatic N) is 2. The maximum Gasteiger partial charge on any atom is 0.268 e. The Bertz CT molecular complexity index is 705. The van der Waals surface area contributed by atoms with E-state index in [1.54, 1.807) is 10.6 Å². The second kappa shape index (κ2) is 6.90. The molecule has 0 spiro atoms. The van der Waals surface area contributed by atoms with Gasteiger partial charge in [-0.3, -0.25) is 4.79 Å². The molecule has 0 N–H and O–H groups in total. The molecule has 0 radical (unpaired) electrons. The lowest BCUT2D eigenvalue weighted by molar-refractivity contribution is 0.591. The molecule has 0 saturated heterocycles. The minimum absolute atomic E-state index is 0.188. The van der Waals surface area contributed by atoms with Gasteiger partial charge in [0.1, 0.15) is 11.6 Å². The fourth-order valence-electron chi connectivity index (χ4n) is 2.38. The first-order valence-electron chi connectivity index (χ1n) is 7.38. The third-order valence-electron chi connectivity index (χ3n) is 3.63. The zero-order valence-electron chi connectivity index (χ0n) is 12.6. The topological polar surface area (TPSA) is 45.8 Å². The van der Waals surface area contributed by atoms with E-state index in [4.69, 9.17) is 5.26 Å². The van der Waals surface area contributed by atoms with Crippen molar-refractivity contribution in [3.8, 4) is 17.3 Å². The van der Waals surface area contributed by atoms with Gasteiger partial charge in [-0.25, -0.2) is 0 Å². The summed E-state index contributed by atoms with van der Waals surface area (Å²) in [5.74, 6) is 0. The number of aryl methyl sites for hydroxylation is 1. The molecule has 2 aromatic rings. The molecular formula is C18H20N2O. The molecule has 0 aliphatic rings. The van der Waals surface area contributed by atoms with E-state index in [2.05, 4.69) is 6.92 Å². The first kappa shape index (κ1) is 15.1. The molecule has 21 heavy (non-hydrogen) atoms. The third kappa shape index (κ3) is 3.41. The number of rotatable bonds is 5. The molecular weight excluding hydrogens is 260 g/mol. The Morgan fingerprint density at radius 2 is 1.81 bits per heavy atom. The molecule has 0 amide bonds. The Labute approximate surface area is 125 Å². The largest absolute Gasteiger partial charge is 0.307 e. The molecule has 0 atom stereocenters. The van der Waals surface area contributed by atoms with E-state index in [0.717, 1.165) is 30.5 Å². The molecule has 0 aliphatic heterocycles. The second-order valence-electron chi connectivity index (χ2n) is 5.27. The van der Waals surface area contributed by atoms with Crippen LogP contribution in [0.5, 0.6) is 0 Å². The second-order valence-corrected chi connectivity index (χ2v) is 5.27. The molecule has 3 heteroatoms. The minimum Gasteiger partial charge on any atom is -0.307 e. The van der Waals surface area contributed by atoms with Gasteiger partial charge in [0.25, 0.3) is 5.56 Å². The number of hydrogen-bond acceptors (Lipinski definition) is 2. The van der Waals surface area contributed by atoms with Crippen LogP contribution in [0.1, 0.15) is 37.3 Å². The van der Waals surface area contributed by atoms with Crippen molar-refractivity contribution in [1.82, 2.24) is 4.57 Å². The molecule has 2 rings (SSSR count). The maximum atomic E-state index is 12.4. The van der Waals surface area contributed by atoms with Gasteiger partial charge < -0.3 is 4.57 Å². The van der Waals surface area contributed by atoms with Gasteiger partial charge in [-0.15, -0.1) is 0 Å². The van der Waals surface area contributed by atoms with Crippen molar-refractivity contribution < 1.29 is 0 Å². The van der Waals surface area contributed by atoms with Gasteiger partial charge in [-0.05, 0) is 31.0 Å². The fourth-order valence-corrected chi connectivity index (χ4v) is 2.38. The summed E-state index contributed by atoms with van der Waals surface area (Å²) in [4.78, 5) is 12.4. The van der Waals surface area contributed by atoms with Crippen LogP contribution in [0.3, 0.4) is 0 Å². The van der Waals surface area contributed by atoms with Gasteiger partial charge >= 0.3 is 0 Å². The average Bonchev–Trinajstić information content (AvgIpc) is 2.50. The maximum absolute atomic E-state index is 12.4. The quantitative estimate of drug-likeness (QED) is 0.780. The number of pyridine rings is 1. The lowest BCUT2D eigenvalue weighted by Crippen LogP contribution is -2.24. The standard InChI is InChI=1S/C18H20N2O/c1-3-4-5-12-20-17(11-10-16(13-19)18(20)21)15-8-6-14(2)7-9-15/h6-11H,3-5,12H2,1-2H3. The van der Waals surface area contributed by atoms with E-state index in [9.17, 15) is 4.79 Å². The van der Waals surface area contributed by atoms with Crippen LogP contribution in [0.2, 0.25) is 0 Å². The van der Waals surface area contributed by atoms with E-state index in [0.29, 0.717) is 6.54 Å². The van der Waals surface area contributed by atoms with Crippen LogP contribution < -0.4 is 5.56 Å². The van der Waals surface area contributed by atoms with Crippen LogP contribution in [0.25, 0.3) is 11.3 Å². The summed E-state index contributed by atoms with van der Waals surface area (Å²) in [6, 6.07) is 13.6. The molecule has 108 valence electrons. The highest BCUT2D eigenvalue weighted by molar-refractivity contribution is 5.60. The monoisotopic (exact) mass is 280 g/mol. The van der Waals surface area contributed by atoms with Crippen molar-refractivity contribution in [3.05, 3.63) is 57.9 Å². The van der Waals surface area contributed by atoms with Gasteiger partial charge in [-0.2, -0.15) is 5.26 Å². The van der Waals surface area contributed by atoms with Crippen molar-refractivity contribution in [1.29, 1.82) is 5.26 Å². The Balaban J connectivity index is 2.49. The summed E-state index contributed by atoms with van der Waals surface area (Å²) in [6.45, 7) is 4.83.